The smallest absolute Gasteiger partial charge is 0.394 e. The summed E-state index contributed by atoms with van der Waals surface area (Å²) in [4.78, 5) is 9.38. The topological polar surface area (TPSA) is 54.2 Å². The van der Waals surface area contributed by atoms with Crippen molar-refractivity contribution in [2.24, 2.45) is 21.3 Å². The summed E-state index contributed by atoms with van der Waals surface area (Å²) in [6, 6.07) is -0.371. The Morgan fingerprint density at radius 1 is 1.22 bits per heavy atom. The number of ether oxygens (including phenoxy) is 1. The zero-order valence-electron chi connectivity index (χ0n) is 24.2. The molecule has 0 aromatic rings. The monoisotopic (exact) mass is 526 g/mol. The highest BCUT2D eigenvalue weighted by molar-refractivity contribution is 6.15. The number of aliphatic hydroxyl groups excluding tert-OH is 1. The molecule has 2 rings (SSSR count). The normalized spacial score (nSPS) is 23.9. The van der Waals surface area contributed by atoms with E-state index in [9.17, 15) is 18.3 Å². The van der Waals surface area contributed by atoms with E-state index in [1.165, 1.54) is 0 Å². The van der Waals surface area contributed by atoms with Crippen LogP contribution in [0.5, 0.6) is 0 Å². The van der Waals surface area contributed by atoms with Crippen LogP contribution in [0.2, 0.25) is 0 Å². The molecule has 1 fully saturated rings. The number of hydrogen-bond acceptors (Lipinski definition) is 4. The standard InChI is InChI=1S/C28H43F3N2O2.C2H6/c1-8-19(4)22(7)24(15-21(6)27(13-10-14-27)28(29,30)31)32-16-20(5)23-11-9-12-26(35-18(2)3)25(17-34)33-23;1-2/h15-16,18-19,25-26,34H,5,8-14,17H2,1-4,6-7H3;1-2H3/b21-15+,24-22+,32-16?;. The zero-order chi connectivity index (χ0) is 28.4. The van der Waals surface area contributed by atoms with Gasteiger partial charge in [0, 0.05) is 17.5 Å². The molecule has 1 aliphatic carbocycles. The Morgan fingerprint density at radius 3 is 2.30 bits per heavy atom. The minimum Gasteiger partial charge on any atom is -0.394 e. The number of aliphatic imine (C=N–C) groups is 2. The van der Waals surface area contributed by atoms with E-state index < -0.39 is 11.6 Å². The maximum absolute atomic E-state index is 13.9. The molecular formula is C30H49F3N2O2. The molecule has 3 atom stereocenters. The quantitative estimate of drug-likeness (QED) is 0.229. The molecule has 3 unspecified atom stereocenters. The van der Waals surface area contributed by atoms with Gasteiger partial charge in [-0.3, -0.25) is 9.98 Å². The summed E-state index contributed by atoms with van der Waals surface area (Å²) < 4.78 is 47.7. The Kier molecular flexibility index (Phi) is 13.5. The predicted molar refractivity (Wildman–Crippen MR) is 149 cm³/mol. The lowest BCUT2D eigenvalue weighted by Crippen LogP contribution is -2.44. The molecule has 0 amide bonds. The zero-order valence-corrected chi connectivity index (χ0v) is 24.2. The number of alkyl halides is 3. The van der Waals surface area contributed by atoms with Crippen molar-refractivity contribution in [2.75, 3.05) is 6.61 Å². The van der Waals surface area contributed by atoms with E-state index in [2.05, 4.69) is 25.4 Å². The van der Waals surface area contributed by atoms with Crippen LogP contribution in [-0.4, -0.2) is 48.1 Å². The van der Waals surface area contributed by atoms with Crippen LogP contribution in [0.25, 0.3) is 0 Å². The van der Waals surface area contributed by atoms with Crippen LogP contribution < -0.4 is 0 Å². The molecule has 4 nitrogen and oxygen atoms in total. The first-order valence-electron chi connectivity index (χ1n) is 13.9. The fourth-order valence-electron chi connectivity index (χ4n) is 4.73. The third-order valence-corrected chi connectivity index (χ3v) is 7.63. The van der Waals surface area contributed by atoms with Crippen LogP contribution in [0.15, 0.2) is 45.1 Å². The second-order valence-corrected chi connectivity index (χ2v) is 10.4. The molecule has 1 heterocycles. The lowest BCUT2D eigenvalue weighted by Gasteiger charge is -2.44. The molecule has 0 aromatic heterocycles. The summed E-state index contributed by atoms with van der Waals surface area (Å²) >= 11 is 0. The van der Waals surface area contributed by atoms with Crippen molar-refractivity contribution in [3.63, 3.8) is 0 Å². The molecule has 0 bridgehead atoms. The second-order valence-electron chi connectivity index (χ2n) is 10.4. The first-order chi connectivity index (χ1) is 17.4. The predicted octanol–water partition coefficient (Wildman–Crippen LogP) is 8.42. The van der Waals surface area contributed by atoms with Gasteiger partial charge in [-0.05, 0) is 83.8 Å². The van der Waals surface area contributed by atoms with Gasteiger partial charge in [-0.15, -0.1) is 0 Å². The number of aliphatic hydroxyl groups is 1. The Morgan fingerprint density at radius 2 is 1.84 bits per heavy atom. The fourth-order valence-corrected chi connectivity index (χ4v) is 4.73. The summed E-state index contributed by atoms with van der Waals surface area (Å²) in [6.45, 7) is 19.6. The highest BCUT2D eigenvalue weighted by Gasteiger charge is 2.59. The Bertz CT molecular complexity index is 865. The Balaban J connectivity index is 0.00000334. The summed E-state index contributed by atoms with van der Waals surface area (Å²) in [7, 11) is 0. The van der Waals surface area contributed by atoms with E-state index in [-0.39, 0.29) is 43.6 Å². The average Bonchev–Trinajstić information content (AvgIpc) is 3.01. The minimum atomic E-state index is -4.27. The summed E-state index contributed by atoms with van der Waals surface area (Å²) in [6.07, 6.45) is 2.89. The van der Waals surface area contributed by atoms with Crippen LogP contribution in [0.1, 0.15) is 100 Å². The minimum absolute atomic E-state index is 0.0393. The van der Waals surface area contributed by atoms with Crippen molar-refractivity contribution in [1.29, 1.82) is 0 Å². The van der Waals surface area contributed by atoms with Gasteiger partial charge in [0.25, 0.3) is 0 Å². The van der Waals surface area contributed by atoms with Gasteiger partial charge in [0.15, 0.2) is 0 Å². The maximum Gasteiger partial charge on any atom is 0.398 e. The van der Waals surface area contributed by atoms with Gasteiger partial charge in [0.1, 0.15) is 0 Å². The molecule has 1 N–H and O–H groups in total. The second kappa shape index (κ2) is 15.0. The van der Waals surface area contributed by atoms with Crippen molar-refractivity contribution in [3.8, 4) is 0 Å². The molecule has 1 aliphatic heterocycles. The van der Waals surface area contributed by atoms with Crippen molar-refractivity contribution in [3.05, 3.63) is 35.1 Å². The van der Waals surface area contributed by atoms with Gasteiger partial charge < -0.3 is 9.84 Å². The Hall–Kier alpha value is -1.73. The third-order valence-electron chi connectivity index (χ3n) is 7.63. The highest BCUT2D eigenvalue weighted by Crippen LogP contribution is 2.57. The van der Waals surface area contributed by atoms with Gasteiger partial charge >= 0.3 is 6.18 Å². The van der Waals surface area contributed by atoms with Crippen molar-refractivity contribution in [2.45, 2.75) is 125 Å². The van der Waals surface area contributed by atoms with E-state index in [0.29, 0.717) is 29.7 Å². The molecule has 7 heteroatoms. The van der Waals surface area contributed by atoms with E-state index in [1.807, 2.05) is 34.6 Å². The third kappa shape index (κ3) is 8.64. The Labute approximate surface area is 222 Å². The van der Waals surface area contributed by atoms with Crippen LogP contribution in [0, 0.1) is 11.3 Å². The molecule has 212 valence electrons. The fraction of sp³-hybridized carbons (Fsp3) is 0.733. The van der Waals surface area contributed by atoms with Crippen LogP contribution >= 0.6 is 0 Å². The molecule has 0 aromatic carbocycles. The van der Waals surface area contributed by atoms with E-state index in [4.69, 9.17) is 9.73 Å². The summed E-state index contributed by atoms with van der Waals surface area (Å²) in [5, 5.41) is 9.89. The number of halogens is 3. The van der Waals surface area contributed by atoms with Crippen molar-refractivity contribution < 1.29 is 23.0 Å². The molecular weight excluding hydrogens is 477 g/mol. The first-order valence-corrected chi connectivity index (χ1v) is 13.9. The molecule has 0 radical (unpaired) electrons. The average molecular weight is 527 g/mol. The first kappa shape index (κ1) is 33.3. The van der Waals surface area contributed by atoms with Crippen LogP contribution in [0.3, 0.4) is 0 Å². The molecule has 0 saturated heterocycles. The summed E-state index contributed by atoms with van der Waals surface area (Å²) in [5.41, 5.74) is 1.46. The van der Waals surface area contributed by atoms with Gasteiger partial charge in [0.2, 0.25) is 0 Å². The summed E-state index contributed by atoms with van der Waals surface area (Å²) in [5.74, 6) is 0.186. The maximum atomic E-state index is 13.9. The van der Waals surface area contributed by atoms with Gasteiger partial charge in [0.05, 0.1) is 36.0 Å². The molecule has 37 heavy (non-hydrogen) atoms. The number of allylic oxidation sites excluding steroid dienone is 4. The van der Waals surface area contributed by atoms with Crippen LogP contribution in [0.4, 0.5) is 13.2 Å². The van der Waals surface area contributed by atoms with E-state index >= 15 is 0 Å². The van der Waals surface area contributed by atoms with Gasteiger partial charge in [-0.2, -0.15) is 13.2 Å². The lowest BCUT2D eigenvalue weighted by molar-refractivity contribution is -0.234. The molecule has 1 saturated carbocycles. The van der Waals surface area contributed by atoms with Crippen molar-refractivity contribution in [1.82, 2.24) is 0 Å². The van der Waals surface area contributed by atoms with E-state index in [0.717, 1.165) is 30.5 Å². The van der Waals surface area contributed by atoms with Crippen molar-refractivity contribution >= 4 is 11.9 Å². The molecule has 0 spiro atoms. The molecule has 2 aliphatic rings. The van der Waals surface area contributed by atoms with Crippen LogP contribution in [-0.2, 0) is 4.74 Å². The van der Waals surface area contributed by atoms with Gasteiger partial charge in [-0.25, -0.2) is 0 Å². The number of nitrogens with zero attached hydrogens (tertiary/aromatic N) is 2. The lowest BCUT2D eigenvalue weighted by atomic mass is 9.63. The number of hydrogen-bond donors (Lipinski definition) is 1. The van der Waals surface area contributed by atoms with E-state index in [1.54, 1.807) is 19.2 Å². The highest BCUT2D eigenvalue weighted by atomic mass is 19.4. The largest absolute Gasteiger partial charge is 0.398 e. The van der Waals surface area contributed by atoms with Gasteiger partial charge in [-0.1, -0.05) is 46.3 Å². The SMILES string of the molecule is C=C(C=NC(/C=C(\C)C1(C(F)(F)F)CCC1)=C(\C)C(C)CC)C1=NC(CO)C(OC(C)C)CCC1.CC. The number of rotatable bonds is 10.